The number of hydrogen-bond acceptors (Lipinski definition) is 4. The molecule has 0 aromatic heterocycles. The zero-order chi connectivity index (χ0) is 11.1. The van der Waals surface area contributed by atoms with E-state index < -0.39 is 9.53 Å². The quantitative estimate of drug-likeness (QED) is 0.732. The van der Waals surface area contributed by atoms with Gasteiger partial charge in [0.1, 0.15) is 0 Å². The van der Waals surface area contributed by atoms with Gasteiger partial charge in [-0.05, 0) is 31.7 Å². The van der Waals surface area contributed by atoms with Crippen LogP contribution in [-0.4, -0.2) is 43.4 Å². The summed E-state index contributed by atoms with van der Waals surface area (Å²) in [6.07, 6.45) is 5.88. The maximum atomic E-state index is 4.74. The summed E-state index contributed by atoms with van der Waals surface area (Å²) >= 11 is 0. The minimum absolute atomic E-state index is 0.911. The molecule has 1 aliphatic carbocycles. The molecule has 5 heteroatoms. The van der Waals surface area contributed by atoms with E-state index in [2.05, 4.69) is 5.32 Å². The highest BCUT2D eigenvalue weighted by Crippen LogP contribution is 2.28. The first kappa shape index (κ1) is 13.1. The highest BCUT2D eigenvalue weighted by Gasteiger charge is 2.27. The van der Waals surface area contributed by atoms with Gasteiger partial charge in [0.15, 0.2) is 0 Å². The van der Waals surface area contributed by atoms with Crippen molar-refractivity contribution in [2.45, 2.75) is 31.7 Å². The van der Waals surface area contributed by atoms with Crippen LogP contribution in [0.3, 0.4) is 0 Å². The fourth-order valence-electron chi connectivity index (χ4n) is 2.28. The molecule has 2 unspecified atom stereocenters. The Morgan fingerprint density at radius 3 is 2.13 bits per heavy atom. The Hall–Kier alpha value is 0.0569. The second kappa shape index (κ2) is 7.35. The molecule has 2 fully saturated rings. The van der Waals surface area contributed by atoms with Crippen molar-refractivity contribution in [2.75, 3.05) is 27.9 Å². The van der Waals surface area contributed by atoms with E-state index in [1.54, 1.807) is 21.3 Å². The van der Waals surface area contributed by atoms with E-state index in [0.717, 1.165) is 12.0 Å². The normalized spacial score (nSPS) is 28.8. The van der Waals surface area contributed by atoms with Crippen molar-refractivity contribution in [3.63, 3.8) is 0 Å². The van der Waals surface area contributed by atoms with Crippen molar-refractivity contribution in [3.05, 3.63) is 0 Å². The third-order valence-corrected chi connectivity index (χ3v) is 4.21. The minimum Gasteiger partial charge on any atom is -0.379 e. The van der Waals surface area contributed by atoms with Gasteiger partial charge in [0.05, 0.1) is 0 Å². The molecule has 0 amide bonds. The topological polar surface area (TPSA) is 39.7 Å². The largest absolute Gasteiger partial charge is 0.483 e. The van der Waals surface area contributed by atoms with Gasteiger partial charge in [-0.1, -0.05) is 6.42 Å². The molecular formula is C10H23NO3Si. The van der Waals surface area contributed by atoms with Crippen molar-refractivity contribution in [3.8, 4) is 0 Å². The van der Waals surface area contributed by atoms with E-state index in [1.165, 1.54) is 32.2 Å². The summed E-state index contributed by atoms with van der Waals surface area (Å²) in [7, 11) is 3.05. The molecule has 90 valence electrons. The van der Waals surface area contributed by atoms with E-state index in [-0.39, 0.29) is 0 Å². The van der Waals surface area contributed by atoms with E-state index >= 15 is 0 Å². The van der Waals surface area contributed by atoms with Gasteiger partial charge < -0.3 is 18.6 Å². The lowest BCUT2D eigenvalue weighted by atomic mass is 9.91. The number of hydrogen-bond donors (Lipinski definition) is 1. The molecule has 2 bridgehead atoms. The van der Waals surface area contributed by atoms with Gasteiger partial charge >= 0.3 is 9.53 Å². The molecule has 0 aromatic carbocycles. The fraction of sp³-hybridized carbons (Fsp3) is 1.00. The highest BCUT2D eigenvalue weighted by atomic mass is 28.3. The minimum atomic E-state index is -1.67. The van der Waals surface area contributed by atoms with E-state index in [9.17, 15) is 0 Å². The molecule has 2 aliphatic rings. The second-order valence-corrected chi connectivity index (χ2v) is 6.13. The van der Waals surface area contributed by atoms with Crippen molar-refractivity contribution < 1.29 is 13.3 Å². The van der Waals surface area contributed by atoms with Crippen LogP contribution in [0.4, 0.5) is 0 Å². The predicted molar refractivity (Wildman–Crippen MR) is 61.9 cm³/mol. The van der Waals surface area contributed by atoms with E-state index in [4.69, 9.17) is 13.3 Å². The third kappa shape index (κ3) is 4.61. The Morgan fingerprint density at radius 1 is 1.07 bits per heavy atom. The molecule has 4 nitrogen and oxygen atoms in total. The Labute approximate surface area is 94.3 Å². The van der Waals surface area contributed by atoms with E-state index in [1.807, 2.05) is 0 Å². The molecule has 0 radical (unpaired) electrons. The summed E-state index contributed by atoms with van der Waals surface area (Å²) in [6, 6.07) is 0.911. The van der Waals surface area contributed by atoms with Gasteiger partial charge in [-0.3, -0.25) is 0 Å². The van der Waals surface area contributed by atoms with Gasteiger partial charge in [-0.15, -0.1) is 0 Å². The number of rotatable bonds is 3. The van der Waals surface area contributed by atoms with Crippen molar-refractivity contribution in [1.82, 2.24) is 5.32 Å². The first-order valence-corrected chi connectivity index (χ1v) is 7.03. The second-order valence-electron chi connectivity index (χ2n) is 4.13. The SMILES string of the molecule is C1CC2CNC(C1)C2.CO[SiH](OC)OC. The molecule has 2 rings (SSSR count). The molecule has 1 heterocycles. The van der Waals surface area contributed by atoms with Gasteiger partial charge in [-0.2, -0.15) is 0 Å². The van der Waals surface area contributed by atoms with Crippen molar-refractivity contribution in [2.24, 2.45) is 5.92 Å². The molecule has 1 aliphatic heterocycles. The summed E-state index contributed by atoms with van der Waals surface area (Å²) in [4.78, 5) is 0. The summed E-state index contributed by atoms with van der Waals surface area (Å²) in [5.74, 6) is 1.05. The Bertz CT molecular complexity index is 147. The molecule has 0 spiro atoms. The van der Waals surface area contributed by atoms with Crippen LogP contribution in [0.1, 0.15) is 25.7 Å². The Morgan fingerprint density at radius 2 is 1.73 bits per heavy atom. The smallest absolute Gasteiger partial charge is 0.379 e. The monoisotopic (exact) mass is 233 g/mol. The van der Waals surface area contributed by atoms with Crippen LogP contribution in [0.25, 0.3) is 0 Å². The van der Waals surface area contributed by atoms with Crippen LogP contribution in [0.15, 0.2) is 0 Å². The molecular weight excluding hydrogens is 210 g/mol. The molecule has 1 saturated heterocycles. The summed E-state index contributed by atoms with van der Waals surface area (Å²) in [5.41, 5.74) is 0. The van der Waals surface area contributed by atoms with Gasteiger partial charge in [-0.25, -0.2) is 0 Å². The average molecular weight is 233 g/mol. The maximum absolute atomic E-state index is 4.74. The fourth-order valence-corrected chi connectivity index (χ4v) is 2.86. The average Bonchev–Trinajstić information content (AvgIpc) is 2.61. The van der Waals surface area contributed by atoms with Gasteiger partial charge in [0.2, 0.25) is 0 Å². The van der Waals surface area contributed by atoms with Crippen LogP contribution in [-0.2, 0) is 13.3 Å². The zero-order valence-corrected chi connectivity index (χ0v) is 11.1. The van der Waals surface area contributed by atoms with Gasteiger partial charge in [0.25, 0.3) is 0 Å². The Balaban J connectivity index is 0.000000153. The van der Waals surface area contributed by atoms with Gasteiger partial charge in [0, 0.05) is 27.4 Å². The van der Waals surface area contributed by atoms with E-state index in [0.29, 0.717) is 0 Å². The number of nitrogens with one attached hydrogen (secondary N) is 1. The zero-order valence-electron chi connectivity index (χ0n) is 9.99. The maximum Gasteiger partial charge on any atom is 0.483 e. The first-order chi connectivity index (χ1) is 7.30. The predicted octanol–water partition coefficient (Wildman–Crippen LogP) is 0.791. The van der Waals surface area contributed by atoms with Crippen molar-refractivity contribution >= 4 is 9.53 Å². The van der Waals surface area contributed by atoms with Crippen LogP contribution < -0.4 is 5.32 Å². The highest BCUT2D eigenvalue weighted by molar-refractivity contribution is 6.36. The van der Waals surface area contributed by atoms with Crippen LogP contribution >= 0.6 is 0 Å². The lowest BCUT2D eigenvalue weighted by molar-refractivity contribution is 0.163. The van der Waals surface area contributed by atoms with Crippen LogP contribution in [0.2, 0.25) is 0 Å². The molecule has 15 heavy (non-hydrogen) atoms. The van der Waals surface area contributed by atoms with Crippen LogP contribution in [0.5, 0.6) is 0 Å². The Kier molecular flexibility index (Phi) is 6.43. The lowest BCUT2D eigenvalue weighted by Crippen LogP contribution is -2.21. The first-order valence-electron chi connectivity index (χ1n) is 5.62. The van der Waals surface area contributed by atoms with Crippen molar-refractivity contribution in [1.29, 1.82) is 0 Å². The summed E-state index contributed by atoms with van der Waals surface area (Å²) < 4.78 is 14.2. The summed E-state index contributed by atoms with van der Waals surface area (Å²) in [5, 5.41) is 3.52. The molecule has 2 atom stereocenters. The molecule has 1 saturated carbocycles. The number of fused-ring (bicyclic) bond motifs is 2. The summed E-state index contributed by atoms with van der Waals surface area (Å²) in [6.45, 7) is 1.31. The standard InChI is InChI=1S/C7H13N.C3H10O3Si/c1-2-6-4-7(3-1)8-5-6;1-4-7(5-2)6-3/h6-8H,1-5H2;7H,1-3H3. The molecule has 0 aromatic rings. The third-order valence-electron chi connectivity index (χ3n) is 3.06. The lowest BCUT2D eigenvalue weighted by Gasteiger charge is -2.15. The van der Waals surface area contributed by atoms with Crippen LogP contribution in [0, 0.1) is 5.92 Å². The molecule has 1 N–H and O–H groups in total.